The van der Waals surface area contributed by atoms with E-state index in [0.717, 1.165) is 12.8 Å². The van der Waals surface area contributed by atoms with E-state index in [-0.39, 0.29) is 22.8 Å². The maximum Gasteiger partial charge on any atom is 0.338 e. The van der Waals surface area contributed by atoms with Gasteiger partial charge in [0, 0.05) is 6.61 Å². The first kappa shape index (κ1) is 18.3. The molecule has 2 N–H and O–H groups in total. The molecule has 2 heterocycles. The Morgan fingerprint density at radius 3 is 2.77 bits per heavy atom. The van der Waals surface area contributed by atoms with E-state index >= 15 is 0 Å². The average molecular weight is 379 g/mol. The van der Waals surface area contributed by atoms with Crippen LogP contribution in [0.15, 0.2) is 12.1 Å². The fourth-order valence-electron chi connectivity index (χ4n) is 2.77. The fraction of sp³-hybridized carbons (Fsp3) is 0.412. The predicted molar refractivity (Wildman–Crippen MR) is 95.9 cm³/mol. The molecule has 0 spiro atoms. The van der Waals surface area contributed by atoms with Crippen molar-refractivity contribution in [3.8, 4) is 0 Å². The van der Waals surface area contributed by atoms with Crippen LogP contribution in [0, 0.1) is 12.8 Å². The number of aromatic nitrogens is 2. The summed E-state index contributed by atoms with van der Waals surface area (Å²) in [6.07, 6.45) is 1.64. The van der Waals surface area contributed by atoms with E-state index < -0.39 is 5.97 Å². The Bertz CT molecular complexity index is 852. The zero-order valence-electron chi connectivity index (χ0n) is 14.5. The molecule has 1 aliphatic rings. The second-order valence-electron chi connectivity index (χ2n) is 6.04. The summed E-state index contributed by atoms with van der Waals surface area (Å²) in [5, 5.41) is 0.0809. The molecule has 9 heteroatoms. The number of hydrogen-bond donors (Lipinski definition) is 2. The van der Waals surface area contributed by atoms with Crippen molar-refractivity contribution < 1.29 is 19.1 Å². The van der Waals surface area contributed by atoms with Crippen molar-refractivity contribution in [1.29, 1.82) is 0 Å². The summed E-state index contributed by atoms with van der Waals surface area (Å²) in [7, 11) is 1.32. The van der Waals surface area contributed by atoms with E-state index in [1.807, 2.05) is 0 Å². The number of carbonyl (C=O) groups is 2. The van der Waals surface area contributed by atoms with Gasteiger partial charge in [0.2, 0.25) is 5.91 Å². The lowest BCUT2D eigenvalue weighted by Gasteiger charge is -2.21. The van der Waals surface area contributed by atoms with Crippen molar-refractivity contribution in [3.05, 3.63) is 28.4 Å². The summed E-state index contributed by atoms with van der Waals surface area (Å²) in [6, 6.07) is 3.30. The number of methoxy groups -OCH3 is 1. The quantitative estimate of drug-likeness (QED) is 0.621. The van der Waals surface area contributed by atoms with E-state index in [9.17, 15) is 9.59 Å². The van der Waals surface area contributed by atoms with Gasteiger partial charge in [0.25, 0.3) is 0 Å². The highest BCUT2D eigenvalue weighted by Gasteiger charge is 2.22. The Morgan fingerprint density at radius 1 is 1.31 bits per heavy atom. The highest BCUT2D eigenvalue weighted by molar-refractivity contribution is 6.32. The number of rotatable bonds is 4. The van der Waals surface area contributed by atoms with Crippen LogP contribution in [0.2, 0.25) is 5.15 Å². The Labute approximate surface area is 155 Å². The molecule has 3 rings (SSSR count). The van der Waals surface area contributed by atoms with E-state index in [0.29, 0.717) is 35.4 Å². The maximum absolute atomic E-state index is 12.2. The minimum absolute atomic E-state index is 0.0809. The summed E-state index contributed by atoms with van der Waals surface area (Å²) < 4.78 is 10.1. The number of ether oxygens (including phenoxy) is 2. The third kappa shape index (κ3) is 3.86. The second-order valence-corrected chi connectivity index (χ2v) is 6.40. The number of aryl methyl sites for hydroxylation is 1. The number of esters is 1. The fourth-order valence-corrected chi connectivity index (χ4v) is 2.95. The number of anilines is 1. The summed E-state index contributed by atoms with van der Waals surface area (Å²) >= 11 is 6.15. The molecule has 1 unspecified atom stereocenters. The normalized spacial score (nSPS) is 17.0. The first-order valence-corrected chi connectivity index (χ1v) is 8.57. The van der Waals surface area contributed by atoms with Gasteiger partial charge in [-0.15, -0.1) is 0 Å². The van der Waals surface area contributed by atoms with Gasteiger partial charge < -0.3 is 9.47 Å². The summed E-state index contributed by atoms with van der Waals surface area (Å²) in [5.41, 5.74) is 7.42. The van der Waals surface area contributed by atoms with Crippen LogP contribution in [-0.4, -0.2) is 42.2 Å². The molecule has 2 aromatic rings. The Hall–Kier alpha value is -2.45. The molecule has 0 aliphatic carbocycles. The summed E-state index contributed by atoms with van der Waals surface area (Å²) in [4.78, 5) is 32.6. The lowest BCUT2D eigenvalue weighted by Crippen LogP contribution is -2.39. The third-order valence-corrected chi connectivity index (χ3v) is 4.47. The number of hydrogen-bond acceptors (Lipinski definition) is 7. The number of fused-ring (bicyclic) bond motifs is 1. The molecule has 1 saturated heterocycles. The van der Waals surface area contributed by atoms with Crippen molar-refractivity contribution in [2.24, 2.45) is 5.92 Å². The number of nitrogens with zero attached hydrogens (tertiary/aromatic N) is 2. The van der Waals surface area contributed by atoms with Gasteiger partial charge in [0.05, 0.1) is 36.2 Å². The number of halogens is 1. The van der Waals surface area contributed by atoms with Gasteiger partial charge in [-0.25, -0.2) is 14.8 Å². The lowest BCUT2D eigenvalue weighted by molar-refractivity contribution is -0.128. The Balaban J connectivity index is 1.79. The van der Waals surface area contributed by atoms with Crippen molar-refractivity contribution >= 4 is 40.3 Å². The van der Waals surface area contributed by atoms with Gasteiger partial charge in [-0.05, 0) is 37.5 Å². The molecular formula is C17H19ClN4O4. The smallest absolute Gasteiger partial charge is 0.338 e. The van der Waals surface area contributed by atoms with Crippen LogP contribution in [0.3, 0.4) is 0 Å². The van der Waals surface area contributed by atoms with Gasteiger partial charge in [0.1, 0.15) is 0 Å². The molecule has 1 aromatic heterocycles. The van der Waals surface area contributed by atoms with Crippen LogP contribution in [0.4, 0.5) is 5.82 Å². The summed E-state index contributed by atoms with van der Waals surface area (Å²) in [5.74, 6) is -0.603. The molecule has 0 saturated carbocycles. The van der Waals surface area contributed by atoms with Gasteiger partial charge in [0.15, 0.2) is 11.0 Å². The highest BCUT2D eigenvalue weighted by Crippen LogP contribution is 2.24. The molecule has 1 atom stereocenters. The van der Waals surface area contributed by atoms with Crippen LogP contribution in [-0.2, 0) is 14.3 Å². The third-order valence-electron chi connectivity index (χ3n) is 4.21. The average Bonchev–Trinajstić information content (AvgIpc) is 2.66. The standard InChI is InChI=1S/C17H19ClN4O4/c1-9-6-12-13(7-11(9)17(24)25-2)19-14(18)15(20-12)21-22-16(23)10-4-3-5-26-8-10/h6-7,10H,3-5,8H2,1-2H3,(H,20,21)(H,22,23). The highest BCUT2D eigenvalue weighted by atomic mass is 35.5. The number of benzene rings is 1. The van der Waals surface area contributed by atoms with Crippen LogP contribution >= 0.6 is 11.6 Å². The van der Waals surface area contributed by atoms with Crippen LogP contribution in [0.1, 0.15) is 28.8 Å². The van der Waals surface area contributed by atoms with Crippen LogP contribution in [0.5, 0.6) is 0 Å². The number of nitrogens with one attached hydrogen (secondary N) is 2. The number of amides is 1. The molecule has 0 bridgehead atoms. The Kier molecular flexibility index (Phi) is 5.53. The van der Waals surface area contributed by atoms with Crippen LogP contribution in [0.25, 0.3) is 11.0 Å². The molecule has 1 amide bonds. The Morgan fingerprint density at radius 2 is 2.08 bits per heavy atom. The van der Waals surface area contributed by atoms with Crippen molar-refractivity contribution in [2.45, 2.75) is 19.8 Å². The second kappa shape index (κ2) is 7.84. The molecule has 0 radical (unpaired) electrons. The molecule has 1 aliphatic heterocycles. The number of hydrazine groups is 1. The zero-order chi connectivity index (χ0) is 18.7. The van der Waals surface area contributed by atoms with Crippen molar-refractivity contribution in [3.63, 3.8) is 0 Å². The van der Waals surface area contributed by atoms with E-state index in [2.05, 4.69) is 20.8 Å². The van der Waals surface area contributed by atoms with E-state index in [1.54, 1.807) is 19.1 Å². The zero-order valence-corrected chi connectivity index (χ0v) is 15.2. The lowest BCUT2D eigenvalue weighted by atomic mass is 10.0. The first-order chi connectivity index (χ1) is 12.5. The topological polar surface area (TPSA) is 102 Å². The molecule has 8 nitrogen and oxygen atoms in total. The summed E-state index contributed by atoms with van der Waals surface area (Å²) in [6.45, 7) is 2.87. The predicted octanol–water partition coefficient (Wildman–Crippen LogP) is 2.25. The minimum Gasteiger partial charge on any atom is -0.465 e. The van der Waals surface area contributed by atoms with Crippen molar-refractivity contribution in [1.82, 2.24) is 15.4 Å². The molecule has 26 heavy (non-hydrogen) atoms. The van der Waals surface area contributed by atoms with E-state index in [4.69, 9.17) is 21.1 Å². The monoisotopic (exact) mass is 378 g/mol. The van der Waals surface area contributed by atoms with Crippen molar-refractivity contribution in [2.75, 3.05) is 25.7 Å². The number of carbonyl (C=O) groups excluding carboxylic acids is 2. The molecule has 1 fully saturated rings. The minimum atomic E-state index is -0.452. The largest absolute Gasteiger partial charge is 0.465 e. The SMILES string of the molecule is COC(=O)c1cc2nc(Cl)c(NNC(=O)C3CCCOC3)nc2cc1C. The van der Waals surface area contributed by atoms with Gasteiger partial charge in [-0.3, -0.25) is 15.6 Å². The van der Waals surface area contributed by atoms with Gasteiger partial charge in [-0.2, -0.15) is 0 Å². The van der Waals surface area contributed by atoms with Gasteiger partial charge >= 0.3 is 5.97 Å². The first-order valence-electron chi connectivity index (χ1n) is 8.19. The molecule has 138 valence electrons. The molecule has 1 aromatic carbocycles. The van der Waals surface area contributed by atoms with Gasteiger partial charge in [-0.1, -0.05) is 11.6 Å². The van der Waals surface area contributed by atoms with E-state index in [1.165, 1.54) is 7.11 Å². The molecular weight excluding hydrogens is 360 g/mol. The van der Waals surface area contributed by atoms with Crippen LogP contribution < -0.4 is 10.9 Å². The maximum atomic E-state index is 12.2.